The molecule has 0 atom stereocenters. The first kappa shape index (κ1) is 15.3. The van der Waals surface area contributed by atoms with E-state index >= 15 is 0 Å². The minimum Gasteiger partial charge on any atom is -0.439 e. The van der Waals surface area contributed by atoms with E-state index in [-0.39, 0.29) is 0 Å². The van der Waals surface area contributed by atoms with Crippen LogP contribution in [0.15, 0.2) is 30.3 Å². The second-order valence-electron chi connectivity index (χ2n) is 5.06. The fraction of sp³-hybridized carbons (Fsp3) is 0.412. The van der Waals surface area contributed by atoms with Gasteiger partial charge in [0.15, 0.2) is 0 Å². The Labute approximate surface area is 126 Å². The summed E-state index contributed by atoms with van der Waals surface area (Å²) in [6.07, 6.45) is 3.30. The summed E-state index contributed by atoms with van der Waals surface area (Å²) >= 11 is 0. The molecule has 1 aromatic carbocycles. The zero-order valence-electron chi connectivity index (χ0n) is 13.0. The third-order valence-corrected chi connectivity index (χ3v) is 3.06. The van der Waals surface area contributed by atoms with Crippen LogP contribution in [0.4, 0.5) is 5.82 Å². The third-order valence-electron chi connectivity index (χ3n) is 3.06. The maximum absolute atomic E-state index is 5.82. The lowest BCUT2D eigenvalue weighted by Crippen LogP contribution is -2.04. The van der Waals surface area contributed by atoms with Gasteiger partial charge in [0.2, 0.25) is 5.88 Å². The molecular formula is C17H23N3O. The van der Waals surface area contributed by atoms with Crippen molar-refractivity contribution in [2.24, 2.45) is 0 Å². The van der Waals surface area contributed by atoms with Gasteiger partial charge in [-0.3, -0.25) is 0 Å². The second-order valence-corrected chi connectivity index (χ2v) is 5.06. The molecule has 0 aliphatic carbocycles. The molecule has 21 heavy (non-hydrogen) atoms. The monoisotopic (exact) mass is 285 g/mol. The molecule has 2 rings (SSSR count). The molecule has 2 aromatic rings. The number of benzene rings is 1. The Kier molecular flexibility index (Phi) is 5.55. The lowest BCUT2D eigenvalue weighted by Gasteiger charge is -2.09. The maximum atomic E-state index is 5.82. The summed E-state index contributed by atoms with van der Waals surface area (Å²) in [6.45, 7) is 7.06. The SMILES string of the molecule is CCCNc1cc(Oc2ccc(CCC)cc2)nc(C)n1. The Balaban J connectivity index is 2.09. The number of hydrogen-bond donors (Lipinski definition) is 1. The zero-order chi connectivity index (χ0) is 15.1. The number of nitrogens with zero attached hydrogens (tertiary/aromatic N) is 2. The lowest BCUT2D eigenvalue weighted by molar-refractivity contribution is 0.460. The smallest absolute Gasteiger partial charge is 0.224 e. The van der Waals surface area contributed by atoms with E-state index in [1.165, 1.54) is 5.56 Å². The molecule has 0 spiro atoms. The van der Waals surface area contributed by atoms with E-state index < -0.39 is 0 Å². The molecule has 0 aliphatic rings. The van der Waals surface area contributed by atoms with Gasteiger partial charge in [0, 0.05) is 12.6 Å². The fourth-order valence-corrected chi connectivity index (χ4v) is 2.07. The van der Waals surface area contributed by atoms with Gasteiger partial charge >= 0.3 is 0 Å². The highest BCUT2D eigenvalue weighted by atomic mass is 16.5. The van der Waals surface area contributed by atoms with Crippen molar-refractivity contribution in [2.75, 3.05) is 11.9 Å². The molecule has 0 amide bonds. The second kappa shape index (κ2) is 7.62. The highest BCUT2D eigenvalue weighted by Gasteiger charge is 2.04. The van der Waals surface area contributed by atoms with E-state index in [2.05, 4.69) is 41.3 Å². The highest BCUT2D eigenvalue weighted by molar-refractivity contribution is 5.40. The van der Waals surface area contributed by atoms with Crippen molar-refractivity contribution in [3.8, 4) is 11.6 Å². The number of anilines is 1. The van der Waals surface area contributed by atoms with Crippen LogP contribution in [0.1, 0.15) is 38.1 Å². The van der Waals surface area contributed by atoms with Crippen molar-refractivity contribution in [1.82, 2.24) is 9.97 Å². The van der Waals surface area contributed by atoms with Gasteiger partial charge < -0.3 is 10.1 Å². The largest absolute Gasteiger partial charge is 0.439 e. The van der Waals surface area contributed by atoms with Crippen molar-refractivity contribution in [2.45, 2.75) is 40.0 Å². The lowest BCUT2D eigenvalue weighted by atomic mass is 10.1. The summed E-state index contributed by atoms with van der Waals surface area (Å²) < 4.78 is 5.82. The van der Waals surface area contributed by atoms with Crippen LogP contribution in [0, 0.1) is 6.92 Å². The third kappa shape index (κ3) is 4.74. The van der Waals surface area contributed by atoms with Gasteiger partial charge in [-0.2, -0.15) is 4.98 Å². The minimum absolute atomic E-state index is 0.573. The van der Waals surface area contributed by atoms with Crippen LogP contribution >= 0.6 is 0 Å². The van der Waals surface area contributed by atoms with Crippen molar-refractivity contribution >= 4 is 5.82 Å². The van der Waals surface area contributed by atoms with E-state index in [1.807, 2.05) is 25.1 Å². The van der Waals surface area contributed by atoms with Crippen LogP contribution < -0.4 is 10.1 Å². The van der Waals surface area contributed by atoms with Gasteiger partial charge in [-0.05, 0) is 37.5 Å². The van der Waals surface area contributed by atoms with E-state index in [9.17, 15) is 0 Å². The molecule has 0 aliphatic heterocycles. The quantitative estimate of drug-likeness (QED) is 0.821. The normalized spacial score (nSPS) is 10.4. The van der Waals surface area contributed by atoms with Gasteiger partial charge in [-0.15, -0.1) is 0 Å². The first-order valence-electron chi connectivity index (χ1n) is 7.57. The van der Waals surface area contributed by atoms with Crippen LogP contribution in [-0.4, -0.2) is 16.5 Å². The Morgan fingerprint density at radius 2 is 1.81 bits per heavy atom. The highest BCUT2D eigenvalue weighted by Crippen LogP contribution is 2.22. The number of aromatic nitrogens is 2. The zero-order valence-corrected chi connectivity index (χ0v) is 13.0. The van der Waals surface area contributed by atoms with Gasteiger partial charge in [0.05, 0.1) is 0 Å². The number of aryl methyl sites for hydroxylation is 2. The van der Waals surface area contributed by atoms with Crippen LogP contribution in [0.25, 0.3) is 0 Å². The van der Waals surface area contributed by atoms with Gasteiger partial charge in [-0.25, -0.2) is 4.98 Å². The molecule has 0 bridgehead atoms. The summed E-state index contributed by atoms with van der Waals surface area (Å²) in [5, 5.41) is 3.26. The van der Waals surface area contributed by atoms with Crippen LogP contribution in [-0.2, 0) is 6.42 Å². The molecule has 4 nitrogen and oxygen atoms in total. The van der Waals surface area contributed by atoms with E-state index in [0.29, 0.717) is 11.7 Å². The van der Waals surface area contributed by atoms with Crippen LogP contribution in [0.2, 0.25) is 0 Å². The van der Waals surface area contributed by atoms with Gasteiger partial charge in [0.1, 0.15) is 17.4 Å². The molecular weight excluding hydrogens is 262 g/mol. The minimum atomic E-state index is 0.573. The van der Waals surface area contributed by atoms with Crippen LogP contribution in [0.3, 0.4) is 0 Å². The maximum Gasteiger partial charge on any atom is 0.224 e. The fourth-order valence-electron chi connectivity index (χ4n) is 2.07. The molecule has 0 unspecified atom stereocenters. The molecule has 0 fully saturated rings. The average molecular weight is 285 g/mol. The van der Waals surface area contributed by atoms with E-state index in [0.717, 1.165) is 37.4 Å². The molecule has 0 saturated heterocycles. The molecule has 112 valence electrons. The van der Waals surface area contributed by atoms with Crippen molar-refractivity contribution in [1.29, 1.82) is 0 Å². The Hall–Kier alpha value is -2.10. The number of rotatable bonds is 7. The summed E-state index contributed by atoms with van der Waals surface area (Å²) in [4.78, 5) is 8.67. The summed E-state index contributed by atoms with van der Waals surface area (Å²) in [5.74, 6) is 2.88. The molecule has 1 heterocycles. The molecule has 0 saturated carbocycles. The molecule has 1 aromatic heterocycles. The molecule has 4 heteroatoms. The summed E-state index contributed by atoms with van der Waals surface area (Å²) in [7, 11) is 0. The average Bonchev–Trinajstić information content (AvgIpc) is 2.47. The van der Waals surface area contributed by atoms with Gasteiger partial charge in [0.25, 0.3) is 0 Å². The van der Waals surface area contributed by atoms with Crippen molar-refractivity contribution < 1.29 is 4.74 Å². The predicted octanol–water partition coefficient (Wildman–Crippen LogP) is 4.35. The van der Waals surface area contributed by atoms with Crippen molar-refractivity contribution in [3.63, 3.8) is 0 Å². The first-order valence-corrected chi connectivity index (χ1v) is 7.57. The van der Waals surface area contributed by atoms with Crippen LogP contribution in [0.5, 0.6) is 11.6 Å². The Bertz CT molecular complexity index is 567. The number of ether oxygens (including phenoxy) is 1. The molecule has 0 radical (unpaired) electrons. The standard InChI is InChI=1S/C17H23N3O/c1-4-6-14-7-9-15(10-8-14)21-17-12-16(18-11-5-2)19-13(3)20-17/h7-10,12H,4-6,11H2,1-3H3,(H,18,19,20). The number of hydrogen-bond acceptors (Lipinski definition) is 4. The molecule has 1 N–H and O–H groups in total. The van der Waals surface area contributed by atoms with E-state index in [1.54, 1.807) is 0 Å². The summed E-state index contributed by atoms with van der Waals surface area (Å²) in [5.41, 5.74) is 1.33. The van der Waals surface area contributed by atoms with Crippen molar-refractivity contribution in [3.05, 3.63) is 41.7 Å². The topological polar surface area (TPSA) is 47.0 Å². The van der Waals surface area contributed by atoms with E-state index in [4.69, 9.17) is 4.74 Å². The van der Waals surface area contributed by atoms with Gasteiger partial charge in [-0.1, -0.05) is 32.4 Å². The summed E-state index contributed by atoms with van der Waals surface area (Å²) in [6, 6.07) is 10.0. The predicted molar refractivity (Wildman–Crippen MR) is 86.1 cm³/mol. The first-order chi connectivity index (χ1) is 10.2. The number of nitrogens with one attached hydrogen (secondary N) is 1. The Morgan fingerprint density at radius 3 is 2.48 bits per heavy atom. The Morgan fingerprint density at radius 1 is 1.05 bits per heavy atom.